The highest BCUT2D eigenvalue weighted by Gasteiger charge is 2.32. The number of fused-ring (bicyclic) bond motifs is 1. The molecule has 6 heterocycles. The third-order valence-electron chi connectivity index (χ3n) is 8.63. The van der Waals surface area contributed by atoms with E-state index >= 15 is 0 Å². The summed E-state index contributed by atoms with van der Waals surface area (Å²) in [7, 11) is 0. The van der Waals surface area contributed by atoms with E-state index in [0.29, 0.717) is 41.2 Å². The number of carbonyl (C=O) groups is 3. The number of amides is 2. The van der Waals surface area contributed by atoms with E-state index in [4.69, 9.17) is 14.5 Å². The largest absolute Gasteiger partial charge is 0.333 e. The molecule has 1 aliphatic heterocycles. The van der Waals surface area contributed by atoms with Gasteiger partial charge in [-0.15, -0.1) is 27.7 Å². The van der Waals surface area contributed by atoms with Gasteiger partial charge in [0, 0.05) is 63.6 Å². The lowest BCUT2D eigenvalue weighted by molar-refractivity contribution is -0.697. The summed E-state index contributed by atoms with van der Waals surface area (Å²) in [6, 6.07) is 33.0. The summed E-state index contributed by atoms with van der Waals surface area (Å²) in [6.45, 7) is 0.662. The molecular formula is C39H30N5O5S2+. The predicted molar refractivity (Wildman–Crippen MR) is 194 cm³/mol. The Bertz CT molecular complexity index is 2350. The summed E-state index contributed by atoms with van der Waals surface area (Å²) in [5, 5.41) is 9.39. The van der Waals surface area contributed by atoms with Crippen molar-refractivity contribution in [3.63, 3.8) is 0 Å². The summed E-state index contributed by atoms with van der Waals surface area (Å²) >= 11 is 3.31. The van der Waals surface area contributed by atoms with E-state index in [1.807, 2.05) is 65.5 Å². The smallest absolute Gasteiger partial charge is 0.330 e. The zero-order valence-corrected chi connectivity index (χ0v) is 28.9. The van der Waals surface area contributed by atoms with Crippen molar-refractivity contribution in [3.05, 3.63) is 109 Å². The van der Waals surface area contributed by atoms with E-state index < -0.39 is 17.8 Å². The van der Waals surface area contributed by atoms with Gasteiger partial charge >= 0.3 is 5.97 Å². The molecule has 0 radical (unpaired) electrons. The number of hydrogen-bond donors (Lipinski definition) is 0. The normalized spacial score (nSPS) is 13.0. The van der Waals surface area contributed by atoms with Crippen molar-refractivity contribution in [2.45, 2.75) is 38.6 Å². The molecule has 0 bridgehead atoms. The maximum absolute atomic E-state index is 12.2. The van der Waals surface area contributed by atoms with Crippen LogP contribution in [0.2, 0.25) is 0 Å². The Morgan fingerprint density at radius 3 is 1.94 bits per heavy atom. The molecule has 51 heavy (non-hydrogen) atoms. The highest BCUT2D eigenvalue weighted by molar-refractivity contribution is 7.19. The standard InChI is InChI=1S/C39H30N5O5S2/c45-32-18-19-33(46)44(32)48-34(47)13-7-8-22-43-23-20-27(21-24-43)36-35(30-16-14-28(50-30)25-9-3-1-4-10-25)38-39(42-49-41-38)37(40-36)31-17-15-29(51-31)26-11-5-2-6-12-26/h1-6,9-12,14-17,20-21,23-24H,7-8,13,18-19,22H2/q+1. The first-order valence-corrected chi connectivity index (χ1v) is 18.2. The highest BCUT2D eigenvalue weighted by Crippen LogP contribution is 2.45. The summed E-state index contributed by atoms with van der Waals surface area (Å²) < 4.78 is 7.44. The summed E-state index contributed by atoms with van der Waals surface area (Å²) in [5.41, 5.74) is 6.75. The van der Waals surface area contributed by atoms with Gasteiger partial charge in [-0.3, -0.25) is 9.59 Å². The van der Waals surface area contributed by atoms with Crippen molar-refractivity contribution in [1.82, 2.24) is 20.4 Å². The van der Waals surface area contributed by atoms with Gasteiger partial charge in [0.25, 0.3) is 11.8 Å². The third kappa shape index (κ3) is 6.71. The van der Waals surface area contributed by atoms with E-state index in [-0.39, 0.29) is 19.3 Å². The number of hydroxylamine groups is 2. The Hall–Kier alpha value is -5.85. The van der Waals surface area contributed by atoms with Crippen LogP contribution in [0.3, 0.4) is 0 Å². The Kier molecular flexibility index (Phi) is 8.99. The van der Waals surface area contributed by atoms with E-state index in [0.717, 1.165) is 47.5 Å². The number of aryl methyl sites for hydroxylation is 1. The van der Waals surface area contributed by atoms with Crippen LogP contribution in [0.15, 0.2) is 114 Å². The van der Waals surface area contributed by atoms with Crippen LogP contribution < -0.4 is 4.57 Å². The highest BCUT2D eigenvalue weighted by atomic mass is 32.1. The second-order valence-electron chi connectivity index (χ2n) is 12.0. The molecule has 2 amide bonds. The van der Waals surface area contributed by atoms with Gasteiger partial charge < -0.3 is 4.84 Å². The number of pyridine rings is 2. The second kappa shape index (κ2) is 14.2. The number of nitrogens with zero attached hydrogens (tertiary/aromatic N) is 5. The van der Waals surface area contributed by atoms with Gasteiger partial charge in [-0.05, 0) is 52.1 Å². The first kappa shape index (κ1) is 32.4. The SMILES string of the molecule is O=C(CCCC[n+]1ccc(-c2nc(-c3ccc(-c4ccccc4)s3)c3nonc3c2-c2ccc(-c3ccccc3)s2)cc1)ON1C(=O)CCC1=O. The Labute approximate surface area is 300 Å². The molecule has 0 atom stereocenters. The molecule has 8 rings (SSSR count). The zero-order chi connectivity index (χ0) is 34.7. The van der Waals surface area contributed by atoms with Crippen molar-refractivity contribution in [2.75, 3.05) is 0 Å². The van der Waals surface area contributed by atoms with Crippen LogP contribution in [0, 0.1) is 0 Å². The molecule has 7 aromatic rings. The number of unbranched alkanes of at least 4 members (excludes halogenated alkanes) is 1. The van der Waals surface area contributed by atoms with Gasteiger partial charge in [0.15, 0.2) is 17.9 Å². The van der Waals surface area contributed by atoms with Crippen molar-refractivity contribution < 1.29 is 28.4 Å². The average molecular weight is 713 g/mol. The van der Waals surface area contributed by atoms with Gasteiger partial charge in [0.2, 0.25) is 0 Å². The van der Waals surface area contributed by atoms with Crippen molar-refractivity contribution in [1.29, 1.82) is 0 Å². The number of benzene rings is 2. The van der Waals surface area contributed by atoms with Crippen LogP contribution in [0.5, 0.6) is 0 Å². The predicted octanol–water partition coefficient (Wildman–Crippen LogP) is 8.14. The maximum Gasteiger partial charge on any atom is 0.333 e. The molecule has 12 heteroatoms. The van der Waals surface area contributed by atoms with Crippen LogP contribution in [-0.4, -0.2) is 38.1 Å². The number of imide groups is 1. The molecule has 5 aromatic heterocycles. The zero-order valence-electron chi connectivity index (χ0n) is 27.2. The lowest BCUT2D eigenvalue weighted by Crippen LogP contribution is -2.33. The van der Waals surface area contributed by atoms with Gasteiger partial charge in [0.05, 0.1) is 10.6 Å². The van der Waals surface area contributed by atoms with Crippen molar-refractivity contribution >= 4 is 51.5 Å². The molecule has 10 nitrogen and oxygen atoms in total. The Morgan fingerprint density at radius 2 is 1.27 bits per heavy atom. The molecule has 1 saturated heterocycles. The topological polar surface area (TPSA) is 119 Å². The Morgan fingerprint density at radius 1 is 0.686 bits per heavy atom. The fourth-order valence-electron chi connectivity index (χ4n) is 6.04. The molecule has 0 spiro atoms. The maximum atomic E-state index is 12.2. The van der Waals surface area contributed by atoms with Crippen LogP contribution in [0.25, 0.3) is 64.2 Å². The quantitative estimate of drug-likeness (QED) is 0.0749. The molecule has 252 valence electrons. The second-order valence-corrected chi connectivity index (χ2v) is 14.2. The minimum atomic E-state index is -0.586. The van der Waals surface area contributed by atoms with Crippen molar-refractivity contribution in [2.24, 2.45) is 0 Å². The molecule has 1 aliphatic rings. The van der Waals surface area contributed by atoms with Crippen LogP contribution in [0.4, 0.5) is 0 Å². The lowest BCUT2D eigenvalue weighted by atomic mass is 10.0. The van der Waals surface area contributed by atoms with Gasteiger partial charge in [-0.1, -0.05) is 60.7 Å². The third-order valence-corrected chi connectivity index (χ3v) is 10.9. The number of hydrogen-bond acceptors (Lipinski definition) is 10. The Balaban J connectivity index is 1.09. The molecular weight excluding hydrogens is 683 g/mol. The summed E-state index contributed by atoms with van der Waals surface area (Å²) in [6.07, 6.45) is 5.49. The van der Waals surface area contributed by atoms with E-state index in [1.165, 1.54) is 0 Å². The summed E-state index contributed by atoms with van der Waals surface area (Å²) in [5.74, 6) is -1.54. The van der Waals surface area contributed by atoms with E-state index in [1.54, 1.807) is 22.7 Å². The molecule has 0 N–H and O–H groups in total. The van der Waals surface area contributed by atoms with Crippen molar-refractivity contribution in [3.8, 4) is 53.2 Å². The van der Waals surface area contributed by atoms with E-state index in [2.05, 4.69) is 58.8 Å². The lowest BCUT2D eigenvalue weighted by Gasteiger charge is -2.12. The van der Waals surface area contributed by atoms with Gasteiger partial charge in [-0.25, -0.2) is 19.0 Å². The minimum Gasteiger partial charge on any atom is -0.330 e. The van der Waals surface area contributed by atoms with Gasteiger partial charge in [0.1, 0.15) is 17.8 Å². The molecule has 1 fully saturated rings. The van der Waals surface area contributed by atoms with Gasteiger partial charge in [-0.2, -0.15) is 0 Å². The molecule has 0 saturated carbocycles. The van der Waals surface area contributed by atoms with Crippen LogP contribution in [-0.2, 0) is 25.8 Å². The van der Waals surface area contributed by atoms with Crippen LogP contribution in [0.1, 0.15) is 32.1 Å². The summed E-state index contributed by atoms with van der Waals surface area (Å²) in [4.78, 5) is 50.2. The first-order chi connectivity index (χ1) is 25.0. The number of aromatic nitrogens is 4. The molecule has 0 unspecified atom stereocenters. The number of carbonyl (C=O) groups excluding carboxylic acids is 3. The minimum absolute atomic E-state index is 0.0751. The molecule has 0 aliphatic carbocycles. The van der Waals surface area contributed by atoms with Crippen LogP contribution >= 0.6 is 22.7 Å². The fraction of sp³-hybridized carbons (Fsp3) is 0.154. The average Bonchev–Trinajstić information content (AvgIpc) is 4.00. The first-order valence-electron chi connectivity index (χ1n) is 16.6. The van der Waals surface area contributed by atoms with E-state index in [9.17, 15) is 14.4 Å². The number of rotatable bonds is 11. The fourth-order valence-corrected chi connectivity index (χ4v) is 8.10. The monoisotopic (exact) mass is 712 g/mol. The number of thiophene rings is 2. The molecule has 2 aromatic carbocycles.